The van der Waals surface area contributed by atoms with Crippen molar-refractivity contribution in [2.24, 2.45) is 0 Å². The largest absolute Gasteiger partial charge is 0.476 e. The van der Waals surface area contributed by atoms with Crippen LogP contribution in [-0.2, 0) is 0 Å². The first kappa shape index (κ1) is 11.3. The van der Waals surface area contributed by atoms with Gasteiger partial charge in [-0.1, -0.05) is 11.6 Å². The van der Waals surface area contributed by atoms with Crippen LogP contribution in [-0.4, -0.2) is 21.0 Å². The van der Waals surface area contributed by atoms with Crippen LogP contribution in [0.2, 0.25) is 5.02 Å². The molecule has 2 aromatic heterocycles. The molecule has 0 atom stereocenters. The molecule has 0 amide bonds. The molecule has 0 aliphatic heterocycles. The maximum Gasteiger partial charge on any atom is 0.358 e. The number of nitrogens with zero attached hydrogens (tertiary/aromatic N) is 2. The van der Waals surface area contributed by atoms with Gasteiger partial charge in [0.15, 0.2) is 11.4 Å². The summed E-state index contributed by atoms with van der Waals surface area (Å²) in [7, 11) is 0. The summed E-state index contributed by atoms with van der Waals surface area (Å²) in [5.41, 5.74) is -0.160. The highest BCUT2D eigenvalue weighted by Crippen LogP contribution is 2.24. The molecule has 0 saturated heterocycles. The van der Waals surface area contributed by atoms with Crippen LogP contribution < -0.4 is 4.74 Å². The van der Waals surface area contributed by atoms with E-state index in [9.17, 15) is 4.79 Å². The van der Waals surface area contributed by atoms with Gasteiger partial charge >= 0.3 is 5.97 Å². The van der Waals surface area contributed by atoms with E-state index in [0.29, 0.717) is 10.8 Å². The number of ether oxygens (including phenoxy) is 1. The summed E-state index contributed by atoms with van der Waals surface area (Å²) in [6.07, 6.45) is 4.27. The molecule has 0 saturated carbocycles. The van der Waals surface area contributed by atoms with E-state index in [1.54, 1.807) is 6.07 Å². The van der Waals surface area contributed by atoms with Crippen molar-refractivity contribution in [3.05, 3.63) is 47.5 Å². The van der Waals surface area contributed by atoms with Crippen LogP contribution in [0.3, 0.4) is 0 Å². The Bertz CT molecular complexity index is 560. The lowest BCUT2D eigenvalue weighted by Gasteiger charge is -2.07. The Balaban J connectivity index is 2.33. The summed E-state index contributed by atoms with van der Waals surface area (Å²) in [5.74, 6) is -0.660. The Morgan fingerprint density at radius 3 is 2.94 bits per heavy atom. The standard InChI is InChI=1S/C11H7ClN2O3/c12-7-4-8(6-13-5-7)17-9-2-1-3-14-10(9)11(15)16/h1-6H,(H,15,16). The average Bonchev–Trinajstić information content (AvgIpc) is 2.29. The molecule has 0 fully saturated rings. The van der Waals surface area contributed by atoms with E-state index in [2.05, 4.69) is 9.97 Å². The van der Waals surface area contributed by atoms with E-state index in [0.717, 1.165) is 0 Å². The molecule has 1 N–H and O–H groups in total. The second-order valence-electron chi connectivity index (χ2n) is 3.10. The molecule has 0 bridgehead atoms. The van der Waals surface area contributed by atoms with Crippen molar-refractivity contribution in [2.45, 2.75) is 0 Å². The highest BCUT2D eigenvalue weighted by atomic mass is 35.5. The van der Waals surface area contributed by atoms with Crippen LogP contribution in [0.1, 0.15) is 10.5 Å². The van der Waals surface area contributed by atoms with Gasteiger partial charge in [0.05, 0.1) is 11.2 Å². The summed E-state index contributed by atoms with van der Waals surface area (Å²) in [6.45, 7) is 0. The topological polar surface area (TPSA) is 72.3 Å². The summed E-state index contributed by atoms with van der Waals surface area (Å²) < 4.78 is 5.36. The number of carboxylic acid groups (broad SMARTS) is 1. The number of rotatable bonds is 3. The van der Waals surface area contributed by atoms with Gasteiger partial charge in [-0.05, 0) is 12.1 Å². The Morgan fingerprint density at radius 1 is 1.41 bits per heavy atom. The van der Waals surface area contributed by atoms with E-state index in [1.165, 1.54) is 30.7 Å². The monoisotopic (exact) mass is 250 g/mol. The third kappa shape index (κ3) is 2.70. The first-order chi connectivity index (χ1) is 8.16. The number of hydrogen-bond acceptors (Lipinski definition) is 4. The molecule has 0 unspecified atom stereocenters. The fraction of sp³-hybridized carbons (Fsp3) is 0. The van der Waals surface area contributed by atoms with Crippen LogP contribution >= 0.6 is 11.6 Å². The number of hydrogen-bond donors (Lipinski definition) is 1. The zero-order valence-electron chi connectivity index (χ0n) is 8.50. The molecule has 2 heterocycles. The number of aromatic nitrogens is 2. The summed E-state index contributed by atoms with van der Waals surface area (Å²) in [6, 6.07) is 4.63. The van der Waals surface area contributed by atoms with Crippen LogP contribution in [0.15, 0.2) is 36.8 Å². The second-order valence-corrected chi connectivity index (χ2v) is 3.53. The van der Waals surface area contributed by atoms with Crippen molar-refractivity contribution in [1.29, 1.82) is 0 Å². The SMILES string of the molecule is O=C(O)c1ncccc1Oc1cncc(Cl)c1. The van der Waals surface area contributed by atoms with Crippen molar-refractivity contribution in [3.63, 3.8) is 0 Å². The minimum Gasteiger partial charge on any atom is -0.476 e. The highest BCUT2D eigenvalue weighted by molar-refractivity contribution is 6.30. The van der Waals surface area contributed by atoms with Gasteiger partial charge in [-0.25, -0.2) is 9.78 Å². The van der Waals surface area contributed by atoms with Crippen LogP contribution in [0.5, 0.6) is 11.5 Å². The lowest BCUT2D eigenvalue weighted by molar-refractivity contribution is 0.0687. The van der Waals surface area contributed by atoms with Gasteiger partial charge in [-0.2, -0.15) is 0 Å². The fourth-order valence-electron chi connectivity index (χ4n) is 1.21. The zero-order chi connectivity index (χ0) is 12.3. The normalized spacial score (nSPS) is 9.94. The number of carboxylic acids is 1. The molecule has 86 valence electrons. The van der Waals surface area contributed by atoms with Crippen molar-refractivity contribution < 1.29 is 14.6 Å². The van der Waals surface area contributed by atoms with E-state index in [1.807, 2.05) is 0 Å². The summed E-state index contributed by atoms with van der Waals surface area (Å²) >= 11 is 5.74. The Kier molecular flexibility index (Phi) is 3.20. The van der Waals surface area contributed by atoms with Gasteiger partial charge in [0.25, 0.3) is 0 Å². The lowest BCUT2D eigenvalue weighted by atomic mass is 10.3. The maximum absolute atomic E-state index is 10.9. The molecule has 6 heteroatoms. The average molecular weight is 251 g/mol. The van der Waals surface area contributed by atoms with E-state index in [-0.39, 0.29) is 11.4 Å². The van der Waals surface area contributed by atoms with Crippen LogP contribution in [0.25, 0.3) is 0 Å². The van der Waals surface area contributed by atoms with Gasteiger partial charge in [-0.15, -0.1) is 0 Å². The molecule has 0 aliphatic carbocycles. The smallest absolute Gasteiger partial charge is 0.358 e. The predicted molar refractivity (Wildman–Crippen MR) is 60.5 cm³/mol. The maximum atomic E-state index is 10.9. The van der Waals surface area contributed by atoms with Crippen molar-refractivity contribution >= 4 is 17.6 Å². The summed E-state index contributed by atoms with van der Waals surface area (Å²) in [4.78, 5) is 18.4. The van der Waals surface area contributed by atoms with Crippen molar-refractivity contribution in [2.75, 3.05) is 0 Å². The highest BCUT2D eigenvalue weighted by Gasteiger charge is 2.13. The Hall–Kier alpha value is -2.14. The van der Waals surface area contributed by atoms with Gasteiger partial charge in [0, 0.05) is 18.5 Å². The number of aromatic carboxylic acids is 1. The summed E-state index contributed by atoms with van der Waals surface area (Å²) in [5, 5.41) is 9.32. The van der Waals surface area contributed by atoms with Gasteiger partial charge in [-0.3, -0.25) is 4.98 Å². The molecule has 0 spiro atoms. The van der Waals surface area contributed by atoms with Gasteiger partial charge in [0.1, 0.15) is 5.75 Å². The minimum absolute atomic E-state index is 0.143. The van der Waals surface area contributed by atoms with Gasteiger partial charge in [0.2, 0.25) is 0 Å². The third-order valence-corrected chi connectivity index (χ3v) is 2.09. The van der Waals surface area contributed by atoms with E-state index < -0.39 is 5.97 Å². The molecule has 5 nitrogen and oxygen atoms in total. The molecule has 0 aromatic carbocycles. The number of carbonyl (C=O) groups is 1. The number of halogens is 1. The Morgan fingerprint density at radius 2 is 2.24 bits per heavy atom. The first-order valence-corrected chi connectivity index (χ1v) is 5.01. The third-order valence-electron chi connectivity index (χ3n) is 1.88. The molecule has 0 radical (unpaired) electrons. The van der Waals surface area contributed by atoms with Crippen LogP contribution in [0, 0.1) is 0 Å². The first-order valence-electron chi connectivity index (χ1n) is 4.63. The molecule has 17 heavy (non-hydrogen) atoms. The minimum atomic E-state index is -1.16. The molecule has 2 aromatic rings. The lowest BCUT2D eigenvalue weighted by Crippen LogP contribution is -2.02. The molecular weight excluding hydrogens is 244 g/mol. The zero-order valence-corrected chi connectivity index (χ0v) is 9.26. The van der Waals surface area contributed by atoms with Crippen molar-refractivity contribution in [1.82, 2.24) is 9.97 Å². The van der Waals surface area contributed by atoms with Crippen molar-refractivity contribution in [3.8, 4) is 11.5 Å². The fourth-order valence-corrected chi connectivity index (χ4v) is 1.37. The number of pyridine rings is 2. The van der Waals surface area contributed by atoms with E-state index >= 15 is 0 Å². The van der Waals surface area contributed by atoms with E-state index in [4.69, 9.17) is 21.4 Å². The van der Waals surface area contributed by atoms with Gasteiger partial charge < -0.3 is 9.84 Å². The molecule has 2 rings (SSSR count). The quantitative estimate of drug-likeness (QED) is 0.907. The Labute approximate surface area is 102 Å². The second kappa shape index (κ2) is 4.80. The predicted octanol–water partition coefficient (Wildman–Crippen LogP) is 2.62. The molecular formula is C11H7ClN2O3. The van der Waals surface area contributed by atoms with Crippen LogP contribution in [0.4, 0.5) is 0 Å². The molecule has 0 aliphatic rings.